The average molecular weight is 300 g/mol. The van der Waals surface area contributed by atoms with Crippen molar-refractivity contribution in [2.75, 3.05) is 13.1 Å². The van der Waals surface area contributed by atoms with Gasteiger partial charge in [0.25, 0.3) is 0 Å². The minimum absolute atomic E-state index is 0.0800. The number of H-pyrrole nitrogens is 1. The number of aromatic amines is 1. The van der Waals surface area contributed by atoms with E-state index in [1.165, 1.54) is 0 Å². The summed E-state index contributed by atoms with van der Waals surface area (Å²) in [6.45, 7) is 1.16. The lowest BCUT2D eigenvalue weighted by Gasteiger charge is -2.19. The molecule has 2 amide bonds. The normalized spacial score (nSPS) is 15.8. The van der Waals surface area contributed by atoms with Crippen LogP contribution >= 0.6 is 0 Å². The first-order valence-corrected chi connectivity index (χ1v) is 7.70. The number of hydrogen-bond donors (Lipinski definition) is 2. The van der Waals surface area contributed by atoms with Gasteiger partial charge in [0, 0.05) is 13.0 Å². The van der Waals surface area contributed by atoms with Crippen molar-refractivity contribution >= 4 is 22.8 Å². The molecule has 2 N–H and O–H groups in total. The van der Waals surface area contributed by atoms with Crippen LogP contribution in [0, 0.1) is 0 Å². The molecule has 22 heavy (non-hydrogen) atoms. The van der Waals surface area contributed by atoms with E-state index in [1.807, 2.05) is 24.3 Å². The molecule has 2 aromatic rings. The molecule has 2 heterocycles. The molecule has 0 aliphatic carbocycles. The number of likely N-dealkylation sites (tertiary alicyclic amines) is 1. The molecule has 3 rings (SSSR count). The fourth-order valence-electron chi connectivity index (χ4n) is 2.71. The summed E-state index contributed by atoms with van der Waals surface area (Å²) in [6.07, 6.45) is 3.51. The van der Waals surface area contributed by atoms with Crippen LogP contribution in [0.5, 0.6) is 0 Å². The third-order valence-corrected chi connectivity index (χ3v) is 3.90. The second-order valence-corrected chi connectivity index (χ2v) is 5.60. The Labute approximate surface area is 128 Å². The number of nitrogens with zero attached hydrogens (tertiary/aromatic N) is 2. The number of carbonyl (C=O) groups excluding carboxylic acids is 2. The molecule has 0 radical (unpaired) electrons. The summed E-state index contributed by atoms with van der Waals surface area (Å²) in [6, 6.07) is 7.74. The fraction of sp³-hybridized carbons (Fsp3) is 0.438. The van der Waals surface area contributed by atoms with Crippen LogP contribution in [0.25, 0.3) is 11.0 Å². The maximum absolute atomic E-state index is 12.0. The monoisotopic (exact) mass is 300 g/mol. The van der Waals surface area contributed by atoms with Gasteiger partial charge in [-0.15, -0.1) is 0 Å². The van der Waals surface area contributed by atoms with Crippen molar-refractivity contribution in [1.82, 2.24) is 20.2 Å². The zero-order valence-corrected chi connectivity index (χ0v) is 12.5. The number of carbonyl (C=O) groups is 2. The van der Waals surface area contributed by atoms with Crippen molar-refractivity contribution in [3.05, 3.63) is 30.1 Å². The predicted molar refractivity (Wildman–Crippen MR) is 83.0 cm³/mol. The Morgan fingerprint density at radius 3 is 3.00 bits per heavy atom. The molecular formula is C16H20N4O2. The van der Waals surface area contributed by atoms with E-state index in [2.05, 4.69) is 15.3 Å². The van der Waals surface area contributed by atoms with Crippen LogP contribution < -0.4 is 5.32 Å². The number of nitrogens with one attached hydrogen (secondary N) is 2. The summed E-state index contributed by atoms with van der Waals surface area (Å²) >= 11 is 0. The molecule has 1 saturated heterocycles. The van der Waals surface area contributed by atoms with Gasteiger partial charge in [0.15, 0.2) is 0 Å². The maximum atomic E-state index is 12.0. The van der Waals surface area contributed by atoms with E-state index in [0.29, 0.717) is 19.5 Å². The van der Waals surface area contributed by atoms with Gasteiger partial charge >= 0.3 is 0 Å². The number of amides is 2. The lowest BCUT2D eigenvalue weighted by molar-refractivity contribution is -0.135. The quantitative estimate of drug-likeness (QED) is 0.900. The van der Waals surface area contributed by atoms with E-state index >= 15 is 0 Å². The average Bonchev–Trinajstić information content (AvgIpc) is 2.83. The summed E-state index contributed by atoms with van der Waals surface area (Å²) in [7, 11) is 0. The molecule has 0 atom stereocenters. The van der Waals surface area contributed by atoms with E-state index in [9.17, 15) is 9.59 Å². The highest BCUT2D eigenvalue weighted by atomic mass is 16.2. The molecule has 0 unspecified atom stereocenters. The number of rotatable bonds is 4. The topological polar surface area (TPSA) is 78.1 Å². The molecule has 116 valence electrons. The molecule has 1 aliphatic heterocycles. The smallest absolute Gasteiger partial charge is 0.239 e. The number of imidazole rings is 1. The minimum atomic E-state index is -0.143. The zero-order valence-electron chi connectivity index (χ0n) is 12.5. The largest absolute Gasteiger partial charge is 0.347 e. The van der Waals surface area contributed by atoms with Crippen molar-refractivity contribution in [3.63, 3.8) is 0 Å². The number of aromatic nitrogens is 2. The third-order valence-electron chi connectivity index (χ3n) is 3.90. The summed E-state index contributed by atoms with van der Waals surface area (Å²) in [5, 5.41) is 2.82. The molecule has 0 bridgehead atoms. The Hall–Kier alpha value is -2.37. The number of benzene rings is 1. The Morgan fingerprint density at radius 1 is 1.27 bits per heavy atom. The van der Waals surface area contributed by atoms with Crippen LogP contribution in [0.4, 0.5) is 0 Å². The summed E-state index contributed by atoms with van der Waals surface area (Å²) in [4.78, 5) is 33.1. The van der Waals surface area contributed by atoms with E-state index in [0.717, 1.165) is 36.1 Å². The first-order valence-electron chi connectivity index (χ1n) is 7.70. The minimum Gasteiger partial charge on any atom is -0.347 e. The number of fused-ring (bicyclic) bond motifs is 1. The second kappa shape index (κ2) is 6.60. The van der Waals surface area contributed by atoms with Gasteiger partial charge in [0.1, 0.15) is 5.82 Å². The highest BCUT2D eigenvalue weighted by molar-refractivity contribution is 5.85. The molecule has 1 aromatic carbocycles. The molecular weight excluding hydrogens is 280 g/mol. The highest BCUT2D eigenvalue weighted by Crippen LogP contribution is 2.11. The molecule has 6 nitrogen and oxygen atoms in total. The predicted octanol–water partition coefficient (Wildman–Crippen LogP) is 1.58. The van der Waals surface area contributed by atoms with Gasteiger partial charge in [-0.25, -0.2) is 4.98 Å². The molecule has 0 saturated carbocycles. The SMILES string of the molecule is O=C(CN1CCCCCC1=O)NCc1nc2ccccc2[nH]1. The summed E-state index contributed by atoms with van der Waals surface area (Å²) < 4.78 is 0. The van der Waals surface area contributed by atoms with Gasteiger partial charge in [-0.05, 0) is 25.0 Å². The van der Waals surface area contributed by atoms with E-state index in [-0.39, 0.29) is 18.4 Å². The first-order chi connectivity index (χ1) is 10.7. The zero-order chi connectivity index (χ0) is 15.4. The van der Waals surface area contributed by atoms with Crippen LogP contribution in [0.3, 0.4) is 0 Å². The standard InChI is InChI=1S/C16H20N4O2/c21-15(11-20-9-5-1-2-8-16(20)22)17-10-14-18-12-6-3-4-7-13(12)19-14/h3-4,6-7H,1-2,5,8-11H2,(H,17,21)(H,18,19). The Balaban J connectivity index is 1.54. The van der Waals surface area contributed by atoms with Gasteiger partial charge < -0.3 is 15.2 Å². The van der Waals surface area contributed by atoms with Crippen molar-refractivity contribution in [2.24, 2.45) is 0 Å². The van der Waals surface area contributed by atoms with E-state index in [4.69, 9.17) is 0 Å². The van der Waals surface area contributed by atoms with Crippen LogP contribution in [0.1, 0.15) is 31.5 Å². The van der Waals surface area contributed by atoms with Crippen molar-refractivity contribution in [3.8, 4) is 0 Å². The number of para-hydroxylation sites is 2. The highest BCUT2D eigenvalue weighted by Gasteiger charge is 2.19. The summed E-state index contributed by atoms with van der Waals surface area (Å²) in [5.41, 5.74) is 1.84. The summed E-state index contributed by atoms with van der Waals surface area (Å²) in [5.74, 6) is 0.656. The lowest BCUT2D eigenvalue weighted by Crippen LogP contribution is -2.40. The Kier molecular flexibility index (Phi) is 4.37. The number of hydrogen-bond acceptors (Lipinski definition) is 3. The van der Waals surface area contributed by atoms with Gasteiger partial charge in [0.2, 0.25) is 11.8 Å². The van der Waals surface area contributed by atoms with Crippen LogP contribution in [0.15, 0.2) is 24.3 Å². The third kappa shape index (κ3) is 3.44. The van der Waals surface area contributed by atoms with Gasteiger partial charge in [-0.1, -0.05) is 18.6 Å². The van der Waals surface area contributed by atoms with Crippen LogP contribution in [0.2, 0.25) is 0 Å². The Morgan fingerprint density at radius 2 is 2.14 bits per heavy atom. The van der Waals surface area contributed by atoms with Crippen LogP contribution in [-0.4, -0.2) is 39.8 Å². The van der Waals surface area contributed by atoms with E-state index < -0.39 is 0 Å². The molecule has 1 fully saturated rings. The van der Waals surface area contributed by atoms with E-state index in [1.54, 1.807) is 4.90 Å². The van der Waals surface area contributed by atoms with Crippen molar-refractivity contribution < 1.29 is 9.59 Å². The van der Waals surface area contributed by atoms with Crippen molar-refractivity contribution in [1.29, 1.82) is 0 Å². The van der Waals surface area contributed by atoms with Gasteiger partial charge in [-0.3, -0.25) is 9.59 Å². The van der Waals surface area contributed by atoms with Crippen LogP contribution in [-0.2, 0) is 16.1 Å². The fourth-order valence-corrected chi connectivity index (χ4v) is 2.71. The molecule has 1 aliphatic rings. The second-order valence-electron chi connectivity index (χ2n) is 5.60. The van der Waals surface area contributed by atoms with Gasteiger partial charge in [0.05, 0.1) is 24.1 Å². The Bertz CT molecular complexity index is 647. The molecule has 6 heteroatoms. The lowest BCUT2D eigenvalue weighted by atomic mass is 10.2. The maximum Gasteiger partial charge on any atom is 0.239 e. The first kappa shape index (κ1) is 14.6. The molecule has 0 spiro atoms. The van der Waals surface area contributed by atoms with Gasteiger partial charge in [-0.2, -0.15) is 0 Å². The molecule has 1 aromatic heterocycles. The van der Waals surface area contributed by atoms with Crippen molar-refractivity contribution in [2.45, 2.75) is 32.2 Å².